The maximum atomic E-state index is 12.4. The summed E-state index contributed by atoms with van der Waals surface area (Å²) in [6.45, 7) is 1.54. The Balaban J connectivity index is 0.000000112. The second-order valence-electron chi connectivity index (χ2n) is 15.4. The van der Waals surface area contributed by atoms with E-state index in [1.54, 1.807) is 16.1 Å². The molecule has 0 bridgehead atoms. The molecule has 73 heavy (non-hydrogen) atoms. The van der Waals surface area contributed by atoms with Crippen LogP contribution in [0.1, 0.15) is 6.92 Å². The molecule has 0 saturated heterocycles. The minimum atomic E-state index is -0.951. The zero-order chi connectivity index (χ0) is 50.3. The third kappa shape index (κ3) is 8.23. The highest BCUT2D eigenvalue weighted by Gasteiger charge is 2.21. The van der Waals surface area contributed by atoms with Crippen molar-refractivity contribution >= 4 is 141 Å². The number of nitrogens with zero attached hydrogens (tertiary/aromatic N) is 19. The van der Waals surface area contributed by atoms with E-state index in [4.69, 9.17) is 22.3 Å². The molecule has 32 nitrogen and oxygen atoms in total. The number of ketones is 1. The summed E-state index contributed by atoms with van der Waals surface area (Å²) in [6.07, 6.45) is 0. The summed E-state index contributed by atoms with van der Waals surface area (Å²) in [6, 6.07) is 22.6. The third-order valence-electron chi connectivity index (χ3n) is 10.7. The Morgan fingerprint density at radius 3 is 1.16 bits per heavy atom. The Hall–Kier alpha value is -11.2. The average molecular weight is 988 g/mol. The Morgan fingerprint density at radius 1 is 0.466 bits per heavy atom. The number of carbonyl (C=O) groups is 3. The number of hydrogen-bond acceptors (Lipinski definition) is 27. The van der Waals surface area contributed by atoms with E-state index in [0.29, 0.717) is 56.1 Å². The topological polar surface area (TPSA) is 448 Å². The van der Waals surface area contributed by atoms with Gasteiger partial charge in [-0.1, -0.05) is 54.6 Å². The zero-order valence-electron chi connectivity index (χ0n) is 37.0. The molecular formula is C41H29N23O9. The molecule has 8 N–H and O–H groups in total. The van der Waals surface area contributed by atoms with Crippen molar-refractivity contribution in [2.24, 2.45) is 0 Å². The van der Waals surface area contributed by atoms with Crippen molar-refractivity contribution in [2.75, 3.05) is 22.5 Å². The van der Waals surface area contributed by atoms with Crippen molar-refractivity contribution in [3.63, 3.8) is 0 Å². The van der Waals surface area contributed by atoms with E-state index >= 15 is 0 Å². The number of aliphatic carboxylic acids is 1. The normalized spacial score (nSPS) is 11.4. The Bertz CT molecular complexity index is 4230. The van der Waals surface area contributed by atoms with E-state index in [0.717, 1.165) is 32.7 Å². The summed E-state index contributed by atoms with van der Waals surface area (Å²) < 4.78 is 27.6. The van der Waals surface area contributed by atoms with Crippen LogP contribution in [0.25, 0.3) is 100 Å². The summed E-state index contributed by atoms with van der Waals surface area (Å²) in [5, 5.41) is 49.6. The molecule has 3 aromatic carbocycles. The molecule has 0 radical (unpaired) electrons. The van der Waals surface area contributed by atoms with Crippen molar-refractivity contribution in [1.29, 1.82) is 0 Å². The van der Waals surface area contributed by atoms with Crippen LogP contribution in [-0.2, 0) is 34.0 Å². The quantitative estimate of drug-likeness (QED) is 0.153. The molecule has 0 fully saturated rings. The zero-order valence-corrected chi connectivity index (χ0v) is 37.0. The van der Waals surface area contributed by atoms with Crippen LogP contribution in [0.15, 0.2) is 95.9 Å². The van der Waals surface area contributed by atoms with Crippen molar-refractivity contribution in [2.45, 2.75) is 26.6 Å². The van der Waals surface area contributed by atoms with Crippen LogP contribution in [0, 0.1) is 0 Å². The fraction of sp³-hybridized carbons (Fsp3) is 0.0976. The first kappa shape index (κ1) is 44.3. The van der Waals surface area contributed by atoms with Crippen LogP contribution in [-0.4, -0.2) is 118 Å². The summed E-state index contributed by atoms with van der Waals surface area (Å²) >= 11 is 0. The average Bonchev–Trinajstić information content (AvgIpc) is 4.29. The number of fused-ring (bicyclic) bond motifs is 12. The van der Waals surface area contributed by atoms with Gasteiger partial charge in [0.2, 0.25) is 63.1 Å². The number of nitrogens with one attached hydrogen (secondary N) is 1. The van der Waals surface area contributed by atoms with Gasteiger partial charge in [0.1, 0.15) is 35.4 Å². The van der Waals surface area contributed by atoms with Crippen molar-refractivity contribution in [3.05, 3.63) is 72.8 Å². The van der Waals surface area contributed by atoms with E-state index < -0.39 is 5.97 Å². The minimum absolute atomic E-state index is 0.00394. The number of carbonyl (C=O) groups excluding carboxylic acids is 2. The highest BCUT2D eigenvalue weighted by atomic mass is 16.6. The Labute approximate surface area is 399 Å². The van der Waals surface area contributed by atoms with E-state index in [-0.39, 0.29) is 65.9 Å². The number of aromatic nitrogens is 19. The van der Waals surface area contributed by atoms with Gasteiger partial charge in [-0.2, -0.15) is 0 Å². The van der Waals surface area contributed by atoms with E-state index in [9.17, 15) is 14.4 Å². The van der Waals surface area contributed by atoms with E-state index in [1.807, 2.05) is 77.4 Å². The molecule has 0 aliphatic rings. The molecule has 0 saturated carbocycles. The number of nitrogen functional groups attached to an aromatic ring is 3. The fourth-order valence-electron chi connectivity index (χ4n) is 7.70. The summed E-state index contributed by atoms with van der Waals surface area (Å²) in [5.41, 5.74) is 23.4. The highest BCUT2D eigenvalue weighted by Crippen LogP contribution is 2.30. The second-order valence-corrected chi connectivity index (χ2v) is 15.4. The number of carboxylic acid groups (broad SMARTS) is 1. The van der Waals surface area contributed by atoms with Crippen LogP contribution >= 0.6 is 0 Å². The lowest BCUT2D eigenvalue weighted by Crippen LogP contribution is -2.19. The number of rotatable bonds is 7. The first-order valence-corrected chi connectivity index (χ1v) is 21.0. The van der Waals surface area contributed by atoms with Gasteiger partial charge in [0.05, 0.1) is 23.1 Å². The van der Waals surface area contributed by atoms with Crippen LogP contribution in [0.5, 0.6) is 0 Å². The molecule has 0 unspecified atom stereocenters. The highest BCUT2D eigenvalue weighted by molar-refractivity contribution is 6.09. The molecule has 11 heterocycles. The number of amides is 1. The first-order valence-electron chi connectivity index (χ1n) is 21.0. The molecule has 32 heteroatoms. The van der Waals surface area contributed by atoms with Gasteiger partial charge >= 0.3 is 5.97 Å². The maximum absolute atomic E-state index is 12.4. The van der Waals surface area contributed by atoms with Gasteiger partial charge < -0.3 is 41.3 Å². The van der Waals surface area contributed by atoms with Crippen LogP contribution in [0.4, 0.5) is 23.3 Å². The minimum Gasteiger partial charge on any atom is -0.480 e. The van der Waals surface area contributed by atoms with Gasteiger partial charge in [-0.3, -0.25) is 14.4 Å². The first-order chi connectivity index (χ1) is 35.5. The number of Topliss-reactive ketones (excluding diaryl/α,β-unsaturated/α-hetero) is 1. The largest absolute Gasteiger partial charge is 0.480 e. The Morgan fingerprint density at radius 2 is 0.808 bits per heavy atom. The maximum Gasteiger partial charge on any atom is 0.323 e. The lowest BCUT2D eigenvalue weighted by atomic mass is 10.2. The SMILES string of the molecule is CC(=O)Cn1c2ccccc2c2nc3nonc3nc21.Nc1nonc1N.Nc1nonc1NC(=O)Cn1c2ccccc2c2nc3nonc3nc21.O=C(O)Cn1c2ccccc2c2nc3nonc3nc21. The van der Waals surface area contributed by atoms with Gasteiger partial charge in [0.25, 0.3) is 0 Å². The van der Waals surface area contributed by atoms with Crippen molar-refractivity contribution < 1.29 is 42.6 Å². The van der Waals surface area contributed by atoms with Gasteiger partial charge in [0, 0.05) is 16.2 Å². The number of anilines is 4. The lowest BCUT2D eigenvalue weighted by Gasteiger charge is -2.06. The molecule has 0 aliphatic heterocycles. The van der Waals surface area contributed by atoms with Crippen LogP contribution < -0.4 is 22.5 Å². The predicted octanol–water partition coefficient (Wildman–Crippen LogP) is 2.87. The number of nitrogens with two attached hydrogens (primary N) is 3. The van der Waals surface area contributed by atoms with E-state index in [2.05, 4.69) is 110 Å². The lowest BCUT2D eigenvalue weighted by molar-refractivity contribution is -0.137. The summed E-state index contributed by atoms with van der Waals surface area (Å²) in [7, 11) is 0. The van der Waals surface area contributed by atoms with Gasteiger partial charge in [-0.05, 0) is 76.7 Å². The number of benzene rings is 3. The second kappa shape index (κ2) is 18.0. The molecule has 362 valence electrons. The van der Waals surface area contributed by atoms with Gasteiger partial charge in [0.15, 0.2) is 16.9 Å². The van der Waals surface area contributed by atoms with Crippen LogP contribution in [0.2, 0.25) is 0 Å². The third-order valence-corrected chi connectivity index (χ3v) is 10.7. The van der Waals surface area contributed by atoms with Gasteiger partial charge in [-0.15, -0.1) is 0 Å². The standard InChI is InChI=1S/C14H9N9O3.C13H9N5O2.C12H7N5O3.C2H4N4O/c15-10-11(20-25-19-10)16-8(24)5-23-7-4-2-1-3-6(7)9-14(23)18-13-12(17-9)21-26-22-13;1-7(19)6-18-9-5-3-2-4-8(9)10-13(18)15-12-11(14-10)16-20-17-12;18-8(19)5-17-7-4-2-1-3-6(7)9-12(17)14-11-10(13-9)15-20-16-11;3-1-2(4)6-7-5-1/h1-4H,5H2,(H2,15,19)(H,16,20,24);2-5H,6H2,1H3;1-4H,5H2,(H,18,19);(H2,3,5)(H2,4,6). The Kier molecular flexibility index (Phi) is 10.9. The molecule has 0 atom stereocenters. The van der Waals surface area contributed by atoms with Crippen molar-refractivity contribution in [3.8, 4) is 0 Å². The molecule has 0 aliphatic carbocycles. The molecule has 1 amide bonds. The monoisotopic (exact) mass is 987 g/mol. The summed E-state index contributed by atoms with van der Waals surface area (Å²) in [4.78, 5) is 61.3. The number of hydrogen-bond donors (Lipinski definition) is 5. The van der Waals surface area contributed by atoms with E-state index in [1.165, 1.54) is 0 Å². The van der Waals surface area contributed by atoms with Crippen molar-refractivity contribution in [1.82, 2.24) is 95.2 Å². The van der Waals surface area contributed by atoms with Gasteiger partial charge in [-0.25, -0.2) is 53.0 Å². The van der Waals surface area contributed by atoms with Crippen LogP contribution in [0.3, 0.4) is 0 Å². The molecule has 14 rings (SSSR count). The molecule has 14 aromatic rings. The number of para-hydroxylation sites is 3. The fourth-order valence-corrected chi connectivity index (χ4v) is 7.70. The summed E-state index contributed by atoms with van der Waals surface area (Å²) in [5.74, 6) is -0.948. The molecule has 11 aromatic heterocycles. The number of carboxylic acids is 1. The molecule has 0 spiro atoms. The molecular weight excluding hydrogens is 959 g/mol. The predicted molar refractivity (Wildman–Crippen MR) is 250 cm³/mol. The smallest absolute Gasteiger partial charge is 0.323 e.